The minimum atomic E-state index is -0.0859. The van der Waals surface area contributed by atoms with Gasteiger partial charge in [0.05, 0.1) is 5.39 Å². The van der Waals surface area contributed by atoms with E-state index >= 15 is 0 Å². The number of aryl methyl sites for hydroxylation is 3. The Morgan fingerprint density at radius 2 is 2.00 bits per heavy atom. The molecular formula is C16H22N4O2S. The molecule has 6 nitrogen and oxygen atoms in total. The van der Waals surface area contributed by atoms with E-state index in [0.717, 1.165) is 28.4 Å². The van der Waals surface area contributed by atoms with Crippen LogP contribution >= 0.6 is 11.3 Å². The number of nitrogens with zero attached hydrogens (tertiary/aromatic N) is 3. The molecule has 124 valence electrons. The van der Waals surface area contributed by atoms with Gasteiger partial charge in [0.25, 0.3) is 5.56 Å². The molecule has 0 radical (unpaired) electrons. The predicted octanol–water partition coefficient (Wildman–Crippen LogP) is 1.07. The van der Waals surface area contributed by atoms with Crippen molar-refractivity contribution in [2.45, 2.75) is 33.7 Å². The maximum Gasteiger partial charge on any atom is 0.263 e. The van der Waals surface area contributed by atoms with Gasteiger partial charge in [0, 0.05) is 37.5 Å². The summed E-state index contributed by atoms with van der Waals surface area (Å²) in [6, 6.07) is 0. The first kappa shape index (κ1) is 16.1. The third-order valence-corrected chi connectivity index (χ3v) is 5.55. The SMILES string of the molecule is CCc1nc2sc(C)c(C)c2c(=O)n1CC(=O)N1CCNCC1. The van der Waals surface area contributed by atoms with Crippen molar-refractivity contribution in [1.29, 1.82) is 0 Å². The van der Waals surface area contributed by atoms with E-state index < -0.39 is 0 Å². The maximum atomic E-state index is 12.9. The van der Waals surface area contributed by atoms with E-state index in [1.807, 2.05) is 25.7 Å². The maximum absolute atomic E-state index is 12.9. The monoisotopic (exact) mass is 334 g/mol. The van der Waals surface area contributed by atoms with Crippen LogP contribution in [-0.4, -0.2) is 46.5 Å². The van der Waals surface area contributed by atoms with Crippen LogP contribution in [0.25, 0.3) is 10.2 Å². The molecule has 0 unspecified atom stereocenters. The van der Waals surface area contributed by atoms with Crippen molar-refractivity contribution in [3.63, 3.8) is 0 Å². The van der Waals surface area contributed by atoms with Gasteiger partial charge in [-0.1, -0.05) is 6.92 Å². The molecule has 0 spiro atoms. The van der Waals surface area contributed by atoms with Gasteiger partial charge in [-0.3, -0.25) is 14.2 Å². The normalized spacial score (nSPS) is 15.3. The topological polar surface area (TPSA) is 67.2 Å². The molecule has 1 saturated heterocycles. The van der Waals surface area contributed by atoms with E-state index in [1.54, 1.807) is 15.9 Å². The molecule has 0 aliphatic carbocycles. The lowest BCUT2D eigenvalue weighted by Crippen LogP contribution is -2.48. The summed E-state index contributed by atoms with van der Waals surface area (Å²) >= 11 is 1.55. The first-order valence-corrected chi connectivity index (χ1v) is 8.82. The van der Waals surface area contributed by atoms with Crippen molar-refractivity contribution in [3.8, 4) is 0 Å². The summed E-state index contributed by atoms with van der Waals surface area (Å²) in [6.07, 6.45) is 0.635. The second-order valence-electron chi connectivity index (χ2n) is 5.87. The van der Waals surface area contributed by atoms with Crippen LogP contribution < -0.4 is 10.9 Å². The standard InChI is InChI=1S/C16H22N4O2S/c1-4-12-18-15-14(10(2)11(3)23-15)16(22)20(12)9-13(21)19-7-5-17-6-8-19/h17H,4-9H2,1-3H3. The fraction of sp³-hybridized carbons (Fsp3) is 0.562. The molecule has 1 N–H and O–H groups in total. The number of piperazine rings is 1. The number of fused-ring (bicyclic) bond motifs is 1. The number of aromatic nitrogens is 2. The van der Waals surface area contributed by atoms with Crippen LogP contribution in [0.5, 0.6) is 0 Å². The minimum absolute atomic E-state index is 0.00551. The first-order chi connectivity index (χ1) is 11.0. The Morgan fingerprint density at radius 3 is 2.65 bits per heavy atom. The number of hydrogen-bond donors (Lipinski definition) is 1. The molecule has 1 aliphatic rings. The Labute approximate surface area is 139 Å². The molecule has 7 heteroatoms. The molecule has 0 atom stereocenters. The van der Waals surface area contributed by atoms with Gasteiger partial charge in [-0.15, -0.1) is 11.3 Å². The number of thiophene rings is 1. The van der Waals surface area contributed by atoms with Crippen LogP contribution in [0.3, 0.4) is 0 Å². The van der Waals surface area contributed by atoms with Gasteiger partial charge in [-0.25, -0.2) is 4.98 Å². The first-order valence-electron chi connectivity index (χ1n) is 8.00. The van der Waals surface area contributed by atoms with E-state index in [4.69, 9.17) is 0 Å². The molecule has 1 aliphatic heterocycles. The number of carbonyl (C=O) groups is 1. The van der Waals surface area contributed by atoms with Crippen LogP contribution in [0.2, 0.25) is 0 Å². The van der Waals surface area contributed by atoms with Crippen LogP contribution in [0, 0.1) is 13.8 Å². The Balaban J connectivity index is 2.01. The Bertz CT molecular complexity index is 802. The Hall–Kier alpha value is -1.73. The van der Waals surface area contributed by atoms with Gasteiger partial charge in [0.15, 0.2) is 0 Å². The zero-order chi connectivity index (χ0) is 16.6. The van der Waals surface area contributed by atoms with Crippen molar-refractivity contribution in [1.82, 2.24) is 19.8 Å². The fourth-order valence-corrected chi connectivity index (χ4v) is 3.99. The van der Waals surface area contributed by atoms with Crippen LogP contribution in [-0.2, 0) is 17.8 Å². The number of rotatable bonds is 3. The zero-order valence-corrected chi connectivity index (χ0v) is 14.6. The number of amides is 1. The Morgan fingerprint density at radius 1 is 1.30 bits per heavy atom. The number of nitrogens with one attached hydrogen (secondary N) is 1. The van der Waals surface area contributed by atoms with Crippen molar-refractivity contribution in [2.75, 3.05) is 26.2 Å². The molecule has 23 heavy (non-hydrogen) atoms. The molecular weight excluding hydrogens is 312 g/mol. The molecule has 0 bridgehead atoms. The lowest BCUT2D eigenvalue weighted by molar-refractivity contribution is -0.132. The highest BCUT2D eigenvalue weighted by Gasteiger charge is 2.21. The minimum Gasteiger partial charge on any atom is -0.339 e. The molecule has 1 amide bonds. The van der Waals surface area contributed by atoms with E-state index in [-0.39, 0.29) is 18.0 Å². The van der Waals surface area contributed by atoms with Crippen molar-refractivity contribution in [3.05, 3.63) is 26.6 Å². The van der Waals surface area contributed by atoms with Gasteiger partial charge in [-0.2, -0.15) is 0 Å². The van der Waals surface area contributed by atoms with Gasteiger partial charge >= 0.3 is 0 Å². The third-order valence-electron chi connectivity index (χ3n) is 4.45. The van der Waals surface area contributed by atoms with Gasteiger partial charge in [-0.05, 0) is 19.4 Å². The molecule has 3 rings (SSSR count). The number of carbonyl (C=O) groups excluding carboxylic acids is 1. The molecule has 2 aromatic heterocycles. The van der Waals surface area contributed by atoms with Gasteiger partial charge in [0.2, 0.25) is 5.91 Å². The zero-order valence-electron chi connectivity index (χ0n) is 13.8. The second kappa shape index (κ2) is 6.41. The number of hydrogen-bond acceptors (Lipinski definition) is 5. The highest BCUT2D eigenvalue weighted by molar-refractivity contribution is 7.18. The van der Waals surface area contributed by atoms with Crippen molar-refractivity contribution >= 4 is 27.5 Å². The smallest absolute Gasteiger partial charge is 0.263 e. The van der Waals surface area contributed by atoms with E-state index in [2.05, 4.69) is 10.3 Å². The molecule has 1 fully saturated rings. The Kier molecular flexibility index (Phi) is 4.50. The highest BCUT2D eigenvalue weighted by atomic mass is 32.1. The predicted molar refractivity (Wildman–Crippen MR) is 92.2 cm³/mol. The summed E-state index contributed by atoms with van der Waals surface area (Å²) in [5.74, 6) is 0.682. The largest absolute Gasteiger partial charge is 0.339 e. The average Bonchev–Trinajstić information content (AvgIpc) is 2.85. The fourth-order valence-electron chi connectivity index (χ4n) is 2.95. The molecule has 3 heterocycles. The summed E-state index contributed by atoms with van der Waals surface area (Å²) in [6.45, 7) is 9.01. The van der Waals surface area contributed by atoms with E-state index in [0.29, 0.717) is 30.7 Å². The third kappa shape index (κ3) is 2.90. The van der Waals surface area contributed by atoms with E-state index in [9.17, 15) is 9.59 Å². The lowest BCUT2D eigenvalue weighted by Gasteiger charge is -2.28. The second-order valence-corrected chi connectivity index (χ2v) is 7.07. The van der Waals surface area contributed by atoms with Gasteiger partial charge in [0.1, 0.15) is 17.2 Å². The molecule has 2 aromatic rings. The molecule has 0 aromatic carbocycles. The van der Waals surface area contributed by atoms with Crippen molar-refractivity contribution in [2.24, 2.45) is 0 Å². The summed E-state index contributed by atoms with van der Waals surface area (Å²) in [5.41, 5.74) is 0.894. The summed E-state index contributed by atoms with van der Waals surface area (Å²) < 4.78 is 1.56. The molecule has 0 saturated carbocycles. The quantitative estimate of drug-likeness (QED) is 0.912. The van der Waals surface area contributed by atoms with Crippen LogP contribution in [0.15, 0.2) is 4.79 Å². The van der Waals surface area contributed by atoms with Crippen LogP contribution in [0.1, 0.15) is 23.2 Å². The summed E-state index contributed by atoms with van der Waals surface area (Å²) in [7, 11) is 0. The summed E-state index contributed by atoms with van der Waals surface area (Å²) in [4.78, 5) is 33.8. The lowest BCUT2D eigenvalue weighted by atomic mass is 10.2. The van der Waals surface area contributed by atoms with Gasteiger partial charge < -0.3 is 10.2 Å². The van der Waals surface area contributed by atoms with E-state index in [1.165, 1.54) is 0 Å². The summed E-state index contributed by atoms with van der Waals surface area (Å²) in [5, 5.41) is 3.89. The van der Waals surface area contributed by atoms with Crippen LogP contribution in [0.4, 0.5) is 0 Å². The average molecular weight is 334 g/mol. The highest BCUT2D eigenvalue weighted by Crippen LogP contribution is 2.26. The van der Waals surface area contributed by atoms with Crippen molar-refractivity contribution < 1.29 is 4.79 Å².